The first-order valence-electron chi connectivity index (χ1n) is 11.1. The summed E-state index contributed by atoms with van der Waals surface area (Å²) in [5, 5.41) is 2.83. The zero-order chi connectivity index (χ0) is 24.4. The Hall–Kier alpha value is -2.38. The van der Waals surface area contributed by atoms with E-state index in [1.807, 2.05) is 79.7 Å². The van der Waals surface area contributed by atoms with Gasteiger partial charge in [0.1, 0.15) is 0 Å². The highest BCUT2D eigenvalue weighted by atomic mass is 32.2. The second-order valence-electron chi connectivity index (χ2n) is 9.39. The maximum absolute atomic E-state index is 13.5. The van der Waals surface area contributed by atoms with Crippen molar-refractivity contribution < 1.29 is 17.8 Å². The summed E-state index contributed by atoms with van der Waals surface area (Å²) in [5.41, 5.74) is 3.95. The highest BCUT2D eigenvalue weighted by molar-refractivity contribution is 7.88. The third-order valence-electron chi connectivity index (χ3n) is 5.57. The summed E-state index contributed by atoms with van der Waals surface area (Å²) in [6.07, 6.45) is 0. The molecular formula is C25H36N2O4S. The second-order valence-corrected chi connectivity index (χ2v) is 10.6. The average Bonchev–Trinajstić information content (AvgIpc) is 2.66. The molecule has 32 heavy (non-hydrogen) atoms. The first-order valence-corrected chi connectivity index (χ1v) is 12.5. The zero-order valence-electron chi connectivity index (χ0n) is 20.3. The van der Waals surface area contributed by atoms with Crippen LogP contribution in [-0.2, 0) is 10.3 Å². The molecule has 176 valence electrons. The number of hydrogen-bond acceptors (Lipinski definition) is 3. The molecule has 0 bridgehead atoms. The van der Waals surface area contributed by atoms with Crippen LogP contribution in [0.1, 0.15) is 101 Å². The molecule has 0 aliphatic heterocycles. The van der Waals surface area contributed by atoms with Crippen LogP contribution < -0.4 is 9.62 Å². The van der Waals surface area contributed by atoms with Gasteiger partial charge in [0.25, 0.3) is 0 Å². The maximum atomic E-state index is 13.5. The summed E-state index contributed by atoms with van der Waals surface area (Å²) in [6.45, 7) is 15.8. The summed E-state index contributed by atoms with van der Waals surface area (Å²) >= 11 is 0. The second kappa shape index (κ2) is 10.0. The molecular weight excluding hydrogens is 424 g/mol. The summed E-state index contributed by atoms with van der Waals surface area (Å²) in [6, 6.07) is 10.3. The van der Waals surface area contributed by atoms with E-state index in [-0.39, 0.29) is 29.4 Å². The summed E-state index contributed by atoms with van der Waals surface area (Å²) in [4.78, 5) is 13.5. The van der Waals surface area contributed by atoms with Gasteiger partial charge in [0, 0.05) is 5.69 Å². The van der Waals surface area contributed by atoms with Crippen LogP contribution in [0.4, 0.5) is 16.2 Å². The van der Waals surface area contributed by atoms with Crippen molar-refractivity contribution in [2.45, 2.75) is 79.1 Å². The fraction of sp³-hybridized carbons (Fsp3) is 0.480. The van der Waals surface area contributed by atoms with E-state index < -0.39 is 16.3 Å². The smallest absolute Gasteiger partial charge is 0.306 e. The molecule has 2 rings (SSSR count). The lowest BCUT2D eigenvalue weighted by Crippen LogP contribution is -2.41. The fourth-order valence-corrected chi connectivity index (χ4v) is 4.62. The van der Waals surface area contributed by atoms with E-state index in [9.17, 15) is 17.8 Å². The number of benzene rings is 2. The van der Waals surface area contributed by atoms with E-state index in [4.69, 9.17) is 0 Å². The highest BCUT2D eigenvalue weighted by Crippen LogP contribution is 2.38. The fourth-order valence-electron chi connectivity index (χ4n) is 3.92. The summed E-state index contributed by atoms with van der Waals surface area (Å²) in [5.74, 6) is 0.0968. The van der Waals surface area contributed by atoms with Crippen molar-refractivity contribution in [2.75, 3.05) is 9.62 Å². The minimum absolute atomic E-state index is 0.0603. The van der Waals surface area contributed by atoms with Gasteiger partial charge in [-0.25, -0.2) is 4.79 Å². The van der Waals surface area contributed by atoms with E-state index in [1.54, 1.807) is 12.1 Å². The van der Waals surface area contributed by atoms with Crippen molar-refractivity contribution in [3.8, 4) is 0 Å². The number of amides is 2. The molecule has 0 aromatic heterocycles. The molecule has 0 heterocycles. The Labute approximate surface area is 192 Å². The van der Waals surface area contributed by atoms with Crippen molar-refractivity contribution in [3.63, 3.8) is 0 Å². The van der Waals surface area contributed by atoms with Gasteiger partial charge in [-0.3, -0.25) is 4.55 Å². The number of carbonyl (C=O) groups excluding carboxylic acids is 1. The molecule has 7 heteroatoms. The molecule has 0 spiro atoms. The Bertz CT molecular complexity index is 1020. The molecule has 2 aromatic rings. The van der Waals surface area contributed by atoms with Gasteiger partial charge in [-0.05, 0) is 45.9 Å². The molecule has 0 saturated heterocycles. The Morgan fingerprint density at radius 2 is 1.09 bits per heavy atom. The number of anilines is 2. The van der Waals surface area contributed by atoms with Crippen LogP contribution in [0.2, 0.25) is 0 Å². The van der Waals surface area contributed by atoms with Gasteiger partial charge in [0.2, 0.25) is 0 Å². The molecule has 0 saturated carbocycles. The van der Waals surface area contributed by atoms with Gasteiger partial charge < -0.3 is 5.32 Å². The predicted molar refractivity (Wildman–Crippen MR) is 132 cm³/mol. The monoisotopic (exact) mass is 460 g/mol. The number of para-hydroxylation sites is 2. The van der Waals surface area contributed by atoms with E-state index in [0.29, 0.717) is 21.1 Å². The lowest BCUT2D eigenvalue weighted by atomic mass is 9.92. The molecule has 2 aromatic carbocycles. The number of nitrogens with zero attached hydrogens (tertiary/aromatic N) is 1. The molecule has 0 atom stereocenters. The van der Waals surface area contributed by atoms with Crippen LogP contribution in [0.3, 0.4) is 0 Å². The average molecular weight is 461 g/mol. The molecule has 0 radical (unpaired) electrons. The molecule has 6 nitrogen and oxygen atoms in total. The van der Waals surface area contributed by atoms with Crippen molar-refractivity contribution in [1.29, 1.82) is 0 Å². The van der Waals surface area contributed by atoms with Gasteiger partial charge in [0.15, 0.2) is 0 Å². The van der Waals surface area contributed by atoms with Gasteiger partial charge in [-0.15, -0.1) is 0 Å². The predicted octanol–water partition coefficient (Wildman–Crippen LogP) is 7.02. The van der Waals surface area contributed by atoms with Crippen molar-refractivity contribution in [3.05, 3.63) is 58.7 Å². The Kier molecular flexibility index (Phi) is 8.12. The first kappa shape index (κ1) is 25.9. The van der Waals surface area contributed by atoms with Crippen LogP contribution in [-0.4, -0.2) is 19.0 Å². The highest BCUT2D eigenvalue weighted by Gasteiger charge is 2.33. The summed E-state index contributed by atoms with van der Waals surface area (Å²) in [7, 11) is -4.89. The van der Waals surface area contributed by atoms with Crippen LogP contribution in [0.25, 0.3) is 0 Å². The van der Waals surface area contributed by atoms with Crippen molar-refractivity contribution >= 4 is 27.7 Å². The Balaban J connectivity index is 2.74. The molecule has 0 aliphatic rings. The number of urea groups is 1. The standard InChI is InChI=1S/C25H36N2O4S/c1-15(2)19-11-9-12-20(16(3)4)23(19)26-25(28)27(32(29,30)31)24-21(17(5)6)13-10-14-22(24)18(7)8/h9-18H,1-8H3,(H,26,28)(H,29,30,31). The molecule has 0 aliphatic carbocycles. The lowest BCUT2D eigenvalue weighted by molar-refractivity contribution is 0.259. The van der Waals surface area contributed by atoms with Gasteiger partial charge in [-0.1, -0.05) is 91.8 Å². The molecule has 0 fully saturated rings. The number of carbonyl (C=O) groups is 1. The van der Waals surface area contributed by atoms with Crippen LogP contribution in [0.5, 0.6) is 0 Å². The van der Waals surface area contributed by atoms with Gasteiger partial charge >= 0.3 is 16.3 Å². The normalized spacial score (nSPS) is 12.2. The first-order chi connectivity index (χ1) is 14.8. The lowest BCUT2D eigenvalue weighted by Gasteiger charge is -2.28. The van der Waals surface area contributed by atoms with Crippen LogP contribution in [0.15, 0.2) is 36.4 Å². The van der Waals surface area contributed by atoms with E-state index in [2.05, 4.69) is 5.32 Å². The minimum atomic E-state index is -4.89. The van der Waals surface area contributed by atoms with Crippen LogP contribution >= 0.6 is 0 Å². The van der Waals surface area contributed by atoms with Gasteiger partial charge in [-0.2, -0.15) is 12.7 Å². The quantitative estimate of drug-likeness (QED) is 0.435. The van der Waals surface area contributed by atoms with E-state index in [1.165, 1.54) is 0 Å². The number of rotatable bonds is 7. The molecule has 2 amide bonds. The van der Waals surface area contributed by atoms with Crippen LogP contribution in [0, 0.1) is 0 Å². The Morgan fingerprint density at radius 3 is 1.41 bits per heavy atom. The topological polar surface area (TPSA) is 86.7 Å². The van der Waals surface area contributed by atoms with Crippen molar-refractivity contribution in [1.82, 2.24) is 0 Å². The number of nitrogens with one attached hydrogen (secondary N) is 1. The summed E-state index contributed by atoms with van der Waals surface area (Å²) < 4.78 is 35.8. The zero-order valence-corrected chi connectivity index (χ0v) is 21.1. The van der Waals surface area contributed by atoms with E-state index >= 15 is 0 Å². The van der Waals surface area contributed by atoms with E-state index in [0.717, 1.165) is 11.1 Å². The van der Waals surface area contributed by atoms with Gasteiger partial charge in [0.05, 0.1) is 5.69 Å². The molecule has 0 unspecified atom stereocenters. The third-order valence-corrected chi connectivity index (χ3v) is 6.38. The van der Waals surface area contributed by atoms with Crippen molar-refractivity contribution in [2.24, 2.45) is 0 Å². The minimum Gasteiger partial charge on any atom is -0.306 e. The Morgan fingerprint density at radius 1 is 0.750 bits per heavy atom. The number of hydrogen-bond donors (Lipinski definition) is 2. The maximum Gasteiger partial charge on any atom is 0.368 e. The molecule has 2 N–H and O–H groups in total. The third kappa shape index (κ3) is 5.51. The largest absolute Gasteiger partial charge is 0.368 e. The SMILES string of the molecule is CC(C)c1cccc(C(C)C)c1NC(=O)N(c1c(C(C)C)cccc1C(C)C)S(=O)(=O)O.